The molecule has 2 N–H and O–H groups in total. The van der Waals surface area contributed by atoms with Crippen molar-refractivity contribution in [3.8, 4) is 0 Å². The lowest BCUT2D eigenvalue weighted by Crippen LogP contribution is -2.40. The highest BCUT2D eigenvalue weighted by Gasteiger charge is 2.45. The summed E-state index contributed by atoms with van der Waals surface area (Å²) in [6, 6.07) is 0. The highest BCUT2D eigenvalue weighted by molar-refractivity contribution is 7.47. The normalized spacial score (nSPS) is 29.8. The molecule has 5 heteroatoms. The van der Waals surface area contributed by atoms with Crippen molar-refractivity contribution in [1.29, 1.82) is 0 Å². The molecule has 17 heavy (non-hydrogen) atoms. The first kappa shape index (κ1) is 15.3. The maximum absolute atomic E-state index is 9.85. The van der Waals surface area contributed by atoms with Gasteiger partial charge in [0.25, 0.3) is 0 Å². The summed E-state index contributed by atoms with van der Waals surface area (Å²) in [7, 11) is 1.45. The van der Waals surface area contributed by atoms with Crippen LogP contribution in [-0.4, -0.2) is 42.4 Å². The molecule has 0 saturated heterocycles. The molecule has 102 valence electrons. The summed E-state index contributed by atoms with van der Waals surface area (Å²) in [6.07, 6.45) is 5.92. The molecule has 0 amide bonds. The molecule has 1 fully saturated rings. The van der Waals surface area contributed by atoms with E-state index in [0.29, 0.717) is 19.1 Å². The first-order valence-electron chi connectivity index (χ1n) is 6.33. The quantitative estimate of drug-likeness (QED) is 0.693. The van der Waals surface area contributed by atoms with Crippen LogP contribution >= 0.6 is 8.38 Å². The van der Waals surface area contributed by atoms with Crippen LogP contribution < -0.4 is 0 Å². The number of ether oxygens (including phenoxy) is 2. The Bertz CT molecular complexity index is 213. The average Bonchev–Trinajstić information content (AvgIpc) is 2.34. The zero-order valence-electron chi connectivity index (χ0n) is 10.9. The van der Waals surface area contributed by atoms with E-state index in [1.54, 1.807) is 14.2 Å². The van der Waals surface area contributed by atoms with E-state index in [9.17, 15) is 9.79 Å². The minimum atomic E-state index is -1.91. The molecule has 1 aliphatic rings. The highest BCUT2D eigenvalue weighted by atomic mass is 31.2. The van der Waals surface area contributed by atoms with Crippen LogP contribution in [0.3, 0.4) is 0 Å². The summed E-state index contributed by atoms with van der Waals surface area (Å²) >= 11 is 0. The monoisotopic (exact) mass is 264 g/mol. The van der Waals surface area contributed by atoms with Gasteiger partial charge in [-0.3, -0.25) is 0 Å². The van der Waals surface area contributed by atoms with Crippen molar-refractivity contribution in [1.82, 2.24) is 0 Å². The first-order chi connectivity index (χ1) is 8.17. The van der Waals surface area contributed by atoms with Gasteiger partial charge in [0, 0.05) is 32.6 Å². The Kier molecular flexibility index (Phi) is 6.90. The second-order valence-corrected chi connectivity index (χ2v) is 6.33. The summed E-state index contributed by atoms with van der Waals surface area (Å²) in [6.45, 7) is 1.30. The van der Waals surface area contributed by atoms with Gasteiger partial charge in [-0.25, -0.2) is 0 Å². The molecule has 1 rings (SSSR count). The topological polar surface area (TPSA) is 58.9 Å². The van der Waals surface area contributed by atoms with Gasteiger partial charge in [-0.05, 0) is 31.6 Å². The smallest absolute Gasteiger partial charge is 0.171 e. The molecule has 0 heterocycles. The SMILES string of the molecule is COCCC1CCCCC1(CCOC)P(O)O. The fourth-order valence-corrected chi connectivity index (χ4v) is 4.17. The Morgan fingerprint density at radius 1 is 1.18 bits per heavy atom. The van der Waals surface area contributed by atoms with Gasteiger partial charge in [0.05, 0.1) is 0 Å². The van der Waals surface area contributed by atoms with Crippen LogP contribution in [0, 0.1) is 5.92 Å². The first-order valence-corrected chi connectivity index (χ1v) is 7.58. The molecular weight excluding hydrogens is 239 g/mol. The maximum atomic E-state index is 9.85. The van der Waals surface area contributed by atoms with Gasteiger partial charge in [-0.2, -0.15) is 0 Å². The van der Waals surface area contributed by atoms with Crippen molar-refractivity contribution in [3.63, 3.8) is 0 Å². The third-order valence-corrected chi connectivity index (χ3v) is 5.59. The number of methoxy groups -OCH3 is 2. The Hall–Kier alpha value is 0.270. The zero-order chi connectivity index (χ0) is 12.7. The summed E-state index contributed by atoms with van der Waals surface area (Å²) in [5, 5.41) is -0.331. The second-order valence-electron chi connectivity index (χ2n) is 4.86. The average molecular weight is 264 g/mol. The predicted molar refractivity (Wildman–Crippen MR) is 69.0 cm³/mol. The molecule has 0 spiro atoms. The molecule has 4 nitrogen and oxygen atoms in total. The zero-order valence-corrected chi connectivity index (χ0v) is 11.8. The number of hydrogen-bond acceptors (Lipinski definition) is 4. The molecule has 0 aromatic heterocycles. The molecule has 0 aromatic carbocycles. The lowest BCUT2D eigenvalue weighted by molar-refractivity contribution is 0.114. The van der Waals surface area contributed by atoms with Gasteiger partial charge in [-0.1, -0.05) is 12.8 Å². The van der Waals surface area contributed by atoms with Crippen molar-refractivity contribution in [2.24, 2.45) is 5.92 Å². The minimum absolute atomic E-state index is 0.331. The molecular formula is C12H25O4P. The Balaban J connectivity index is 2.72. The van der Waals surface area contributed by atoms with Gasteiger partial charge in [0.2, 0.25) is 0 Å². The van der Waals surface area contributed by atoms with E-state index in [-0.39, 0.29) is 5.16 Å². The summed E-state index contributed by atoms with van der Waals surface area (Å²) in [5.41, 5.74) is 0. The molecule has 1 saturated carbocycles. The van der Waals surface area contributed by atoms with Crippen LogP contribution in [0.25, 0.3) is 0 Å². The molecule has 2 unspecified atom stereocenters. The van der Waals surface area contributed by atoms with E-state index in [1.807, 2.05) is 0 Å². The van der Waals surface area contributed by atoms with E-state index in [4.69, 9.17) is 9.47 Å². The van der Waals surface area contributed by atoms with Gasteiger partial charge in [0.15, 0.2) is 8.38 Å². The lowest BCUT2D eigenvalue weighted by atomic mass is 9.75. The van der Waals surface area contributed by atoms with Gasteiger partial charge >= 0.3 is 0 Å². The van der Waals surface area contributed by atoms with Gasteiger partial charge in [0.1, 0.15) is 0 Å². The van der Waals surface area contributed by atoms with E-state index >= 15 is 0 Å². The van der Waals surface area contributed by atoms with Crippen molar-refractivity contribution in [2.45, 2.75) is 43.7 Å². The second kappa shape index (κ2) is 7.65. The predicted octanol–water partition coefficient (Wildman–Crippen LogP) is 2.28. The highest BCUT2D eigenvalue weighted by Crippen LogP contribution is 2.57. The third-order valence-electron chi connectivity index (χ3n) is 3.98. The van der Waals surface area contributed by atoms with Gasteiger partial charge in [-0.15, -0.1) is 0 Å². The van der Waals surface area contributed by atoms with Crippen LogP contribution in [0.4, 0.5) is 0 Å². The molecule has 0 radical (unpaired) electrons. The van der Waals surface area contributed by atoms with Crippen LogP contribution in [0.5, 0.6) is 0 Å². The van der Waals surface area contributed by atoms with E-state index in [2.05, 4.69) is 0 Å². The van der Waals surface area contributed by atoms with Crippen LogP contribution in [0.1, 0.15) is 38.5 Å². The number of hydrogen-bond donors (Lipinski definition) is 2. The summed E-state index contributed by atoms with van der Waals surface area (Å²) in [5.74, 6) is 0.354. The van der Waals surface area contributed by atoms with E-state index in [0.717, 1.165) is 32.1 Å². The molecule has 2 atom stereocenters. The van der Waals surface area contributed by atoms with Crippen LogP contribution in [-0.2, 0) is 9.47 Å². The van der Waals surface area contributed by atoms with Crippen molar-refractivity contribution >= 4 is 8.38 Å². The van der Waals surface area contributed by atoms with Crippen molar-refractivity contribution in [2.75, 3.05) is 27.4 Å². The van der Waals surface area contributed by atoms with E-state index < -0.39 is 8.38 Å². The molecule has 0 aliphatic heterocycles. The molecule has 0 aromatic rings. The fraction of sp³-hybridized carbons (Fsp3) is 1.00. The van der Waals surface area contributed by atoms with Crippen LogP contribution in [0.2, 0.25) is 0 Å². The summed E-state index contributed by atoms with van der Waals surface area (Å²) in [4.78, 5) is 19.7. The fourth-order valence-electron chi connectivity index (χ4n) is 2.94. The number of rotatable bonds is 7. The third kappa shape index (κ3) is 3.87. The van der Waals surface area contributed by atoms with E-state index in [1.165, 1.54) is 6.42 Å². The molecule has 1 aliphatic carbocycles. The Morgan fingerprint density at radius 2 is 1.88 bits per heavy atom. The Morgan fingerprint density at radius 3 is 2.47 bits per heavy atom. The minimum Gasteiger partial charge on any atom is -0.385 e. The van der Waals surface area contributed by atoms with Crippen LogP contribution in [0.15, 0.2) is 0 Å². The standard InChI is InChI=1S/C12H25O4P/c1-15-9-6-11-5-3-4-7-12(11,17(13)14)8-10-16-2/h11,13-14H,3-10H2,1-2H3. The summed E-state index contributed by atoms with van der Waals surface area (Å²) < 4.78 is 10.3. The molecule has 0 bridgehead atoms. The van der Waals surface area contributed by atoms with Crippen molar-refractivity contribution < 1.29 is 19.3 Å². The van der Waals surface area contributed by atoms with Gasteiger partial charge < -0.3 is 19.3 Å². The maximum Gasteiger partial charge on any atom is 0.171 e. The van der Waals surface area contributed by atoms with Crippen molar-refractivity contribution in [3.05, 3.63) is 0 Å². The lowest BCUT2D eigenvalue weighted by Gasteiger charge is -2.44. The largest absolute Gasteiger partial charge is 0.385 e. The Labute approximate surface area is 105 Å².